The Morgan fingerprint density at radius 1 is 1.39 bits per heavy atom. The second-order valence-corrected chi connectivity index (χ2v) is 4.03. The number of fused-ring (bicyclic) bond motifs is 1. The summed E-state index contributed by atoms with van der Waals surface area (Å²) in [6.45, 7) is 2.53. The van der Waals surface area contributed by atoms with Crippen LogP contribution in [0, 0.1) is 6.92 Å². The van der Waals surface area contributed by atoms with Crippen molar-refractivity contribution in [2.75, 3.05) is 6.61 Å². The zero-order chi connectivity index (χ0) is 13.1. The van der Waals surface area contributed by atoms with Gasteiger partial charge in [-0.3, -0.25) is 9.78 Å². The Bertz CT molecular complexity index is 631. The highest BCUT2D eigenvalue weighted by molar-refractivity contribution is 5.48. The van der Waals surface area contributed by atoms with Gasteiger partial charge in [-0.1, -0.05) is 0 Å². The van der Waals surface area contributed by atoms with Crippen LogP contribution < -0.4 is 11.2 Å². The third-order valence-corrected chi connectivity index (χ3v) is 2.71. The summed E-state index contributed by atoms with van der Waals surface area (Å²) < 4.78 is 1.77. The molecule has 2 heterocycles. The number of nitrogens with zero attached hydrogens (tertiary/aromatic N) is 3. The molecule has 2 rings (SSSR count). The van der Waals surface area contributed by atoms with Crippen LogP contribution in [-0.4, -0.2) is 31.2 Å². The Hall–Kier alpha value is -2.02. The fourth-order valence-corrected chi connectivity index (χ4v) is 1.80. The summed E-state index contributed by atoms with van der Waals surface area (Å²) in [5.74, 6) is 0.293. The lowest BCUT2D eigenvalue weighted by Gasteiger charge is -2.15. The number of rotatable bonds is 4. The Balaban J connectivity index is 2.53. The standard InChI is InChI=1S/C11H14N4O3/c1-7-6-12-8-9(13-11(18)14-10(8)17)15(7)4-2-3-5-16/h6,16H,2-5H2,1H3,(H,14,17,18). The number of unbranched alkanes of at least 4 members (excludes halogenated alkanes) is 1. The summed E-state index contributed by atoms with van der Waals surface area (Å²) in [5, 5.41) is 8.77. The van der Waals surface area contributed by atoms with Gasteiger partial charge in [-0.2, -0.15) is 4.98 Å². The first-order valence-corrected chi connectivity index (χ1v) is 5.71. The van der Waals surface area contributed by atoms with Gasteiger partial charge < -0.3 is 9.67 Å². The number of aryl methyl sites for hydroxylation is 1. The molecular formula is C11H14N4O3. The number of aliphatic hydroxyl groups is 1. The molecule has 0 aliphatic carbocycles. The minimum Gasteiger partial charge on any atom is -0.396 e. The van der Waals surface area contributed by atoms with E-state index in [1.807, 2.05) is 6.92 Å². The lowest BCUT2D eigenvalue weighted by molar-refractivity contribution is 0.281. The number of aliphatic hydroxyl groups excluding tert-OH is 1. The predicted molar refractivity (Wildman–Crippen MR) is 64.6 cm³/mol. The predicted octanol–water partition coefficient (Wildman–Crippen LogP) is -0.488. The van der Waals surface area contributed by atoms with E-state index in [0.29, 0.717) is 18.8 Å². The molecule has 0 saturated carbocycles. The first kappa shape index (κ1) is 12.4. The summed E-state index contributed by atoms with van der Waals surface area (Å²) in [7, 11) is 0. The van der Waals surface area contributed by atoms with Gasteiger partial charge in [0.05, 0.1) is 0 Å². The average molecular weight is 250 g/mol. The van der Waals surface area contributed by atoms with E-state index in [1.165, 1.54) is 0 Å². The van der Waals surface area contributed by atoms with Crippen LogP contribution >= 0.6 is 0 Å². The number of hydrogen-bond acceptors (Lipinski definition) is 5. The van der Waals surface area contributed by atoms with E-state index in [9.17, 15) is 9.59 Å². The van der Waals surface area contributed by atoms with E-state index in [1.54, 1.807) is 10.8 Å². The van der Waals surface area contributed by atoms with Crippen LogP contribution in [0.25, 0.3) is 11.5 Å². The number of aromatic amines is 1. The Kier molecular flexibility index (Phi) is 3.52. The molecule has 0 aromatic rings. The number of H-pyrrole nitrogens is 1. The molecule has 7 heteroatoms. The van der Waals surface area contributed by atoms with Crippen molar-refractivity contribution in [3.8, 4) is 11.5 Å². The zero-order valence-corrected chi connectivity index (χ0v) is 10.0. The fraction of sp³-hybridized carbons (Fsp3) is 0.455. The third-order valence-electron chi connectivity index (χ3n) is 2.71. The van der Waals surface area contributed by atoms with E-state index >= 15 is 0 Å². The molecule has 2 aliphatic heterocycles. The molecule has 0 fully saturated rings. The van der Waals surface area contributed by atoms with Crippen LogP contribution in [-0.2, 0) is 6.54 Å². The Labute approximate surface area is 102 Å². The molecular weight excluding hydrogens is 236 g/mol. The van der Waals surface area contributed by atoms with E-state index in [-0.39, 0.29) is 12.3 Å². The van der Waals surface area contributed by atoms with Gasteiger partial charge in [0.1, 0.15) is 0 Å². The van der Waals surface area contributed by atoms with Crippen molar-refractivity contribution in [3.63, 3.8) is 0 Å². The summed E-state index contributed by atoms with van der Waals surface area (Å²) in [6, 6.07) is 0. The van der Waals surface area contributed by atoms with Crippen molar-refractivity contribution in [1.29, 1.82) is 0 Å². The van der Waals surface area contributed by atoms with E-state index in [4.69, 9.17) is 5.11 Å². The highest BCUT2D eigenvalue weighted by Gasteiger charge is 2.15. The van der Waals surface area contributed by atoms with Crippen molar-refractivity contribution in [2.24, 2.45) is 0 Å². The second kappa shape index (κ2) is 5.09. The van der Waals surface area contributed by atoms with Gasteiger partial charge in [0.25, 0.3) is 5.56 Å². The largest absolute Gasteiger partial charge is 0.396 e. The van der Waals surface area contributed by atoms with Gasteiger partial charge >= 0.3 is 5.69 Å². The maximum atomic E-state index is 11.6. The maximum Gasteiger partial charge on any atom is 0.349 e. The molecule has 0 bridgehead atoms. The van der Waals surface area contributed by atoms with Gasteiger partial charge in [0.15, 0.2) is 11.5 Å². The molecule has 96 valence electrons. The molecule has 0 atom stereocenters. The van der Waals surface area contributed by atoms with E-state index in [2.05, 4.69) is 15.0 Å². The topological polar surface area (TPSA) is 101 Å². The van der Waals surface area contributed by atoms with Gasteiger partial charge in [0.2, 0.25) is 0 Å². The Morgan fingerprint density at radius 3 is 2.89 bits per heavy atom. The molecule has 2 N–H and O–H groups in total. The van der Waals surface area contributed by atoms with Crippen LogP contribution in [0.15, 0.2) is 15.8 Å². The highest BCUT2D eigenvalue weighted by Crippen LogP contribution is 2.13. The van der Waals surface area contributed by atoms with Crippen LogP contribution in [0.4, 0.5) is 0 Å². The van der Waals surface area contributed by atoms with Crippen molar-refractivity contribution >= 4 is 0 Å². The molecule has 0 radical (unpaired) electrons. The zero-order valence-electron chi connectivity index (χ0n) is 10.0. The summed E-state index contributed by atoms with van der Waals surface area (Å²) >= 11 is 0. The van der Waals surface area contributed by atoms with Gasteiger partial charge in [0, 0.05) is 25.0 Å². The van der Waals surface area contributed by atoms with Crippen LogP contribution in [0.3, 0.4) is 0 Å². The summed E-state index contributed by atoms with van der Waals surface area (Å²) in [6.07, 6.45) is 2.97. The third kappa shape index (κ3) is 2.30. The van der Waals surface area contributed by atoms with Crippen LogP contribution in [0.1, 0.15) is 18.5 Å². The minimum atomic E-state index is -0.671. The summed E-state index contributed by atoms with van der Waals surface area (Å²) in [5.41, 5.74) is -0.223. The monoisotopic (exact) mass is 250 g/mol. The van der Waals surface area contributed by atoms with Gasteiger partial charge in [-0.25, -0.2) is 9.78 Å². The second-order valence-electron chi connectivity index (χ2n) is 4.03. The molecule has 0 unspecified atom stereocenters. The van der Waals surface area contributed by atoms with Gasteiger partial charge in [-0.05, 0) is 19.8 Å². The molecule has 0 aromatic heterocycles. The van der Waals surface area contributed by atoms with Gasteiger partial charge in [-0.15, -0.1) is 0 Å². The molecule has 0 saturated heterocycles. The molecule has 0 amide bonds. The lowest BCUT2D eigenvalue weighted by Crippen LogP contribution is -2.29. The highest BCUT2D eigenvalue weighted by atomic mass is 16.3. The number of aromatic nitrogens is 4. The maximum absolute atomic E-state index is 11.6. The quantitative estimate of drug-likeness (QED) is 0.713. The molecule has 2 aliphatic rings. The van der Waals surface area contributed by atoms with Crippen molar-refractivity contribution in [1.82, 2.24) is 19.5 Å². The van der Waals surface area contributed by atoms with Crippen LogP contribution in [0.2, 0.25) is 0 Å². The Morgan fingerprint density at radius 2 is 2.17 bits per heavy atom. The number of hydrogen-bond donors (Lipinski definition) is 2. The van der Waals surface area contributed by atoms with Crippen LogP contribution in [0.5, 0.6) is 0 Å². The molecule has 7 nitrogen and oxygen atoms in total. The van der Waals surface area contributed by atoms with Crippen molar-refractivity contribution < 1.29 is 5.11 Å². The average Bonchev–Trinajstić information content (AvgIpc) is 2.32. The van der Waals surface area contributed by atoms with Crippen molar-refractivity contribution in [2.45, 2.75) is 26.3 Å². The lowest BCUT2D eigenvalue weighted by atomic mass is 10.2. The van der Waals surface area contributed by atoms with Crippen molar-refractivity contribution in [3.05, 3.63) is 32.7 Å². The smallest absolute Gasteiger partial charge is 0.349 e. The summed E-state index contributed by atoms with van der Waals surface area (Å²) in [4.78, 5) is 32.7. The SMILES string of the molecule is Cc1cnc2c(=O)[nH]c(=O)nc-2n1CCCCO. The normalized spacial score (nSPS) is 11.0. The van der Waals surface area contributed by atoms with E-state index in [0.717, 1.165) is 12.1 Å². The molecule has 18 heavy (non-hydrogen) atoms. The minimum absolute atomic E-state index is 0.115. The van der Waals surface area contributed by atoms with E-state index < -0.39 is 11.2 Å². The molecule has 0 aromatic carbocycles. The first-order valence-electron chi connectivity index (χ1n) is 5.71. The first-order chi connectivity index (χ1) is 8.63. The number of nitrogens with one attached hydrogen (secondary N) is 1. The fourth-order valence-electron chi connectivity index (χ4n) is 1.80. The molecule has 0 spiro atoms.